The van der Waals surface area contributed by atoms with E-state index in [0.717, 1.165) is 37.8 Å². The summed E-state index contributed by atoms with van der Waals surface area (Å²) in [5.74, 6) is -0.112. The van der Waals surface area contributed by atoms with Gasteiger partial charge in [0.15, 0.2) is 0 Å². The largest absolute Gasteiger partial charge is 0.351 e. The topological polar surface area (TPSA) is 42.0 Å². The fraction of sp³-hybridized carbons (Fsp3) is 0.368. The maximum atomic E-state index is 12.5. The first-order valence-corrected chi connectivity index (χ1v) is 8.58. The third-order valence-electron chi connectivity index (χ3n) is 5.08. The molecular formula is C19H19ClN2O. The Labute approximate surface area is 141 Å². The summed E-state index contributed by atoms with van der Waals surface area (Å²) in [7, 11) is 0. The molecule has 0 aliphatic heterocycles. The van der Waals surface area contributed by atoms with Crippen molar-refractivity contribution in [2.24, 2.45) is 0 Å². The zero-order valence-electron chi connectivity index (χ0n) is 12.9. The Morgan fingerprint density at radius 2 is 2.00 bits per heavy atom. The lowest BCUT2D eigenvalue weighted by molar-refractivity contribution is 0.0949. The van der Waals surface area contributed by atoms with E-state index in [1.807, 2.05) is 12.1 Å². The molecule has 0 atom stereocenters. The van der Waals surface area contributed by atoms with Crippen LogP contribution < -0.4 is 5.32 Å². The number of aromatic nitrogens is 1. The lowest BCUT2D eigenvalue weighted by Crippen LogP contribution is -2.32. The quantitative estimate of drug-likeness (QED) is 0.871. The van der Waals surface area contributed by atoms with E-state index in [1.165, 1.54) is 11.1 Å². The van der Waals surface area contributed by atoms with E-state index in [0.29, 0.717) is 17.3 Å². The molecule has 0 saturated heterocycles. The van der Waals surface area contributed by atoms with Crippen molar-refractivity contribution < 1.29 is 4.79 Å². The molecular weight excluding hydrogens is 308 g/mol. The van der Waals surface area contributed by atoms with Gasteiger partial charge in [-0.25, -0.2) is 4.98 Å². The van der Waals surface area contributed by atoms with Crippen LogP contribution in [0.2, 0.25) is 5.15 Å². The van der Waals surface area contributed by atoms with Crippen LogP contribution in [0.3, 0.4) is 0 Å². The monoisotopic (exact) mass is 326 g/mol. The van der Waals surface area contributed by atoms with E-state index in [1.54, 1.807) is 0 Å². The first kappa shape index (κ1) is 14.7. The number of hydrogen-bond donors (Lipinski definition) is 1. The third-order valence-corrected chi connectivity index (χ3v) is 5.36. The van der Waals surface area contributed by atoms with Gasteiger partial charge in [0.2, 0.25) is 0 Å². The number of fused-ring (bicyclic) bond motifs is 1. The molecule has 4 heteroatoms. The van der Waals surface area contributed by atoms with Crippen molar-refractivity contribution in [3.8, 4) is 0 Å². The molecule has 1 aromatic heterocycles. The minimum Gasteiger partial charge on any atom is -0.351 e. The zero-order chi connectivity index (χ0) is 15.9. The van der Waals surface area contributed by atoms with Gasteiger partial charge < -0.3 is 5.32 Å². The standard InChI is InChI=1S/C19H19ClN2O/c20-17-15(11-13-5-4-8-16(13)22-17)18(23)21-12-19(9-10-19)14-6-2-1-3-7-14/h1-3,6-7,11H,4-5,8-10,12H2,(H,21,23). The number of nitrogens with one attached hydrogen (secondary N) is 1. The molecule has 118 valence electrons. The van der Waals surface area contributed by atoms with Crippen LogP contribution in [0.4, 0.5) is 0 Å². The highest BCUT2D eigenvalue weighted by Gasteiger charge is 2.44. The summed E-state index contributed by atoms with van der Waals surface area (Å²) >= 11 is 6.21. The Morgan fingerprint density at radius 1 is 1.22 bits per heavy atom. The number of nitrogens with zero attached hydrogens (tertiary/aromatic N) is 1. The fourth-order valence-corrected chi connectivity index (χ4v) is 3.70. The number of aryl methyl sites for hydroxylation is 2. The normalized spacial score (nSPS) is 17.6. The van der Waals surface area contributed by atoms with E-state index in [2.05, 4.69) is 34.6 Å². The van der Waals surface area contributed by atoms with Gasteiger partial charge in [-0.3, -0.25) is 4.79 Å². The van der Waals surface area contributed by atoms with Crippen LogP contribution in [-0.4, -0.2) is 17.4 Å². The number of carbonyl (C=O) groups is 1. The highest BCUT2D eigenvalue weighted by atomic mass is 35.5. The first-order valence-electron chi connectivity index (χ1n) is 8.20. The second-order valence-corrected chi connectivity index (χ2v) is 6.97. The van der Waals surface area contributed by atoms with Gasteiger partial charge in [-0.15, -0.1) is 0 Å². The molecule has 4 rings (SSSR count). The van der Waals surface area contributed by atoms with Crippen LogP contribution in [0.25, 0.3) is 0 Å². The van der Waals surface area contributed by atoms with Crippen molar-refractivity contribution >= 4 is 17.5 Å². The van der Waals surface area contributed by atoms with Gasteiger partial charge in [0.1, 0.15) is 5.15 Å². The van der Waals surface area contributed by atoms with Crippen molar-refractivity contribution in [1.82, 2.24) is 10.3 Å². The zero-order valence-corrected chi connectivity index (χ0v) is 13.7. The van der Waals surface area contributed by atoms with Crippen molar-refractivity contribution in [3.63, 3.8) is 0 Å². The van der Waals surface area contributed by atoms with Crippen molar-refractivity contribution in [3.05, 3.63) is 63.9 Å². The van der Waals surface area contributed by atoms with Gasteiger partial charge in [0.05, 0.1) is 5.56 Å². The van der Waals surface area contributed by atoms with Crippen molar-refractivity contribution in [1.29, 1.82) is 0 Å². The average molecular weight is 327 g/mol. The number of amides is 1. The Hall–Kier alpha value is -1.87. The number of halogens is 1. The molecule has 2 aromatic rings. The van der Waals surface area contributed by atoms with Crippen molar-refractivity contribution in [2.75, 3.05) is 6.54 Å². The van der Waals surface area contributed by atoms with Crippen LogP contribution in [0.5, 0.6) is 0 Å². The molecule has 1 aromatic carbocycles. The fourth-order valence-electron chi connectivity index (χ4n) is 3.46. The Balaban J connectivity index is 1.49. The summed E-state index contributed by atoms with van der Waals surface area (Å²) in [6.07, 6.45) is 5.30. The number of hydrogen-bond acceptors (Lipinski definition) is 2. The van der Waals surface area contributed by atoms with Crippen molar-refractivity contribution in [2.45, 2.75) is 37.5 Å². The van der Waals surface area contributed by atoms with E-state index < -0.39 is 0 Å². The van der Waals surface area contributed by atoms with Gasteiger partial charge in [-0.2, -0.15) is 0 Å². The van der Waals surface area contributed by atoms with Crippen LogP contribution in [0, 0.1) is 0 Å². The van der Waals surface area contributed by atoms with Gasteiger partial charge in [0.25, 0.3) is 5.91 Å². The molecule has 1 amide bonds. The van der Waals surface area contributed by atoms with Gasteiger partial charge in [-0.1, -0.05) is 41.9 Å². The van der Waals surface area contributed by atoms with Gasteiger partial charge in [0, 0.05) is 17.7 Å². The molecule has 1 N–H and O–H groups in total. The number of carbonyl (C=O) groups excluding carboxylic acids is 1. The molecule has 0 radical (unpaired) electrons. The van der Waals surface area contributed by atoms with Crippen LogP contribution in [0.1, 0.15) is 46.4 Å². The second-order valence-electron chi connectivity index (χ2n) is 6.62. The first-order chi connectivity index (χ1) is 11.2. The summed E-state index contributed by atoms with van der Waals surface area (Å²) in [6.45, 7) is 0.656. The average Bonchev–Trinajstić information content (AvgIpc) is 3.24. The molecule has 1 heterocycles. The summed E-state index contributed by atoms with van der Waals surface area (Å²) in [4.78, 5) is 16.9. The maximum absolute atomic E-state index is 12.5. The maximum Gasteiger partial charge on any atom is 0.254 e. The second kappa shape index (κ2) is 5.64. The molecule has 0 bridgehead atoms. The highest BCUT2D eigenvalue weighted by molar-refractivity contribution is 6.32. The predicted molar refractivity (Wildman–Crippen MR) is 91.0 cm³/mol. The third kappa shape index (κ3) is 2.74. The summed E-state index contributed by atoms with van der Waals surface area (Å²) in [6, 6.07) is 12.3. The molecule has 2 aliphatic carbocycles. The molecule has 1 fully saturated rings. The molecule has 0 unspecified atom stereocenters. The van der Waals surface area contributed by atoms with Gasteiger partial charge in [-0.05, 0) is 49.3 Å². The molecule has 1 saturated carbocycles. The van der Waals surface area contributed by atoms with Gasteiger partial charge >= 0.3 is 0 Å². The molecule has 23 heavy (non-hydrogen) atoms. The smallest absolute Gasteiger partial charge is 0.254 e. The number of rotatable bonds is 4. The van der Waals surface area contributed by atoms with E-state index in [-0.39, 0.29) is 11.3 Å². The summed E-state index contributed by atoms with van der Waals surface area (Å²) < 4.78 is 0. The van der Waals surface area contributed by atoms with E-state index in [9.17, 15) is 4.79 Å². The SMILES string of the molecule is O=C(NCC1(c2ccccc2)CC1)c1cc2c(nc1Cl)CCC2. The minimum absolute atomic E-state index is 0.105. The Bertz CT molecular complexity index is 753. The van der Waals surface area contributed by atoms with Crippen LogP contribution >= 0.6 is 11.6 Å². The Morgan fingerprint density at radius 3 is 2.74 bits per heavy atom. The van der Waals surface area contributed by atoms with E-state index in [4.69, 9.17) is 11.6 Å². The van der Waals surface area contributed by atoms with Crippen LogP contribution in [0.15, 0.2) is 36.4 Å². The predicted octanol–water partition coefficient (Wildman–Crippen LogP) is 3.69. The Kier molecular flexibility index (Phi) is 3.61. The lowest BCUT2D eigenvalue weighted by Gasteiger charge is -2.17. The lowest BCUT2D eigenvalue weighted by atomic mass is 9.96. The molecule has 2 aliphatic rings. The molecule has 0 spiro atoms. The van der Waals surface area contributed by atoms with Crippen LogP contribution in [-0.2, 0) is 18.3 Å². The van der Waals surface area contributed by atoms with E-state index >= 15 is 0 Å². The summed E-state index contributed by atoms with van der Waals surface area (Å²) in [5, 5.41) is 3.40. The minimum atomic E-state index is -0.112. The number of pyridine rings is 1. The summed E-state index contributed by atoms with van der Waals surface area (Å²) in [5.41, 5.74) is 4.14. The number of benzene rings is 1. The highest BCUT2D eigenvalue weighted by Crippen LogP contribution is 2.47. The molecule has 3 nitrogen and oxygen atoms in total.